The first-order valence-corrected chi connectivity index (χ1v) is 10.1. The molecule has 1 aliphatic heterocycles. The van der Waals surface area contributed by atoms with Crippen molar-refractivity contribution >= 4 is 23.5 Å². The second-order valence-corrected chi connectivity index (χ2v) is 7.83. The quantitative estimate of drug-likeness (QED) is 0.608. The molecule has 2 aliphatic rings. The topological polar surface area (TPSA) is 56.7 Å². The molecule has 7 heteroatoms. The van der Waals surface area contributed by atoms with Gasteiger partial charge < -0.3 is 15.5 Å². The zero-order valence-corrected chi connectivity index (χ0v) is 16.6. The van der Waals surface area contributed by atoms with Crippen molar-refractivity contribution in [2.24, 2.45) is 10.9 Å². The average molecular weight is 395 g/mol. The van der Waals surface area contributed by atoms with Gasteiger partial charge in [0, 0.05) is 38.6 Å². The standard InChI is InChI=1S/C20H28ClFN4O/c1-23-20(24-12-14-7-8-18(22)17(21)11-14)25-16-9-10-26(13-16)19(27)15-5-3-2-4-6-15/h7-8,11,15-16H,2-6,9-10,12-13H2,1H3,(H2,23,24,25). The summed E-state index contributed by atoms with van der Waals surface area (Å²) in [7, 11) is 1.72. The first-order chi connectivity index (χ1) is 13.1. The fourth-order valence-electron chi connectivity index (χ4n) is 3.91. The maximum atomic E-state index is 13.3. The summed E-state index contributed by atoms with van der Waals surface area (Å²) in [4.78, 5) is 18.9. The number of hydrogen-bond acceptors (Lipinski definition) is 2. The lowest BCUT2D eigenvalue weighted by Gasteiger charge is -2.26. The summed E-state index contributed by atoms with van der Waals surface area (Å²) in [6, 6.07) is 4.86. The summed E-state index contributed by atoms with van der Waals surface area (Å²) in [5.41, 5.74) is 0.880. The van der Waals surface area contributed by atoms with Gasteiger partial charge in [0.2, 0.25) is 5.91 Å². The lowest BCUT2D eigenvalue weighted by molar-refractivity contribution is -0.135. The minimum atomic E-state index is -0.420. The van der Waals surface area contributed by atoms with Crippen LogP contribution in [0.15, 0.2) is 23.2 Å². The van der Waals surface area contributed by atoms with Gasteiger partial charge in [0.1, 0.15) is 5.82 Å². The summed E-state index contributed by atoms with van der Waals surface area (Å²) in [5.74, 6) is 0.796. The predicted octanol–water partition coefficient (Wildman–Crippen LogP) is 3.33. The van der Waals surface area contributed by atoms with E-state index in [1.54, 1.807) is 19.2 Å². The number of carbonyl (C=O) groups excluding carboxylic acids is 1. The Kier molecular flexibility index (Phi) is 6.94. The van der Waals surface area contributed by atoms with E-state index in [-0.39, 0.29) is 17.0 Å². The van der Waals surface area contributed by atoms with Crippen molar-refractivity contribution in [1.29, 1.82) is 0 Å². The fourth-order valence-corrected chi connectivity index (χ4v) is 4.11. The Bertz CT molecular complexity index is 691. The molecular weight excluding hydrogens is 367 g/mol. The Morgan fingerprint density at radius 2 is 2.07 bits per heavy atom. The number of rotatable bonds is 4. The second-order valence-electron chi connectivity index (χ2n) is 7.42. The summed E-state index contributed by atoms with van der Waals surface area (Å²) in [6.45, 7) is 2.02. The van der Waals surface area contributed by atoms with Crippen molar-refractivity contribution in [2.45, 2.75) is 51.1 Å². The molecule has 1 amide bonds. The predicted molar refractivity (Wildman–Crippen MR) is 106 cm³/mol. The third kappa shape index (κ3) is 5.34. The van der Waals surface area contributed by atoms with E-state index in [9.17, 15) is 9.18 Å². The largest absolute Gasteiger partial charge is 0.352 e. The highest BCUT2D eigenvalue weighted by Crippen LogP contribution is 2.26. The van der Waals surface area contributed by atoms with Crippen LogP contribution in [0, 0.1) is 11.7 Å². The number of nitrogens with zero attached hydrogens (tertiary/aromatic N) is 2. The number of amides is 1. The summed E-state index contributed by atoms with van der Waals surface area (Å²) >= 11 is 5.82. The first-order valence-electron chi connectivity index (χ1n) is 9.76. The number of benzene rings is 1. The van der Waals surface area contributed by atoms with Gasteiger partial charge in [-0.2, -0.15) is 0 Å². The van der Waals surface area contributed by atoms with Crippen molar-refractivity contribution in [3.63, 3.8) is 0 Å². The smallest absolute Gasteiger partial charge is 0.225 e. The minimum absolute atomic E-state index is 0.116. The van der Waals surface area contributed by atoms with Crippen LogP contribution in [0.3, 0.4) is 0 Å². The first kappa shape index (κ1) is 19.9. The van der Waals surface area contributed by atoms with E-state index < -0.39 is 5.82 Å². The van der Waals surface area contributed by atoms with Crippen molar-refractivity contribution in [3.05, 3.63) is 34.6 Å². The Morgan fingerprint density at radius 1 is 1.30 bits per heavy atom. The van der Waals surface area contributed by atoms with Crippen molar-refractivity contribution in [3.8, 4) is 0 Å². The molecule has 0 radical (unpaired) electrons. The molecule has 1 aromatic rings. The molecule has 1 aliphatic carbocycles. The second kappa shape index (κ2) is 9.40. The molecule has 1 unspecified atom stereocenters. The minimum Gasteiger partial charge on any atom is -0.352 e. The van der Waals surface area contributed by atoms with Crippen molar-refractivity contribution < 1.29 is 9.18 Å². The lowest BCUT2D eigenvalue weighted by Crippen LogP contribution is -2.45. The highest BCUT2D eigenvalue weighted by atomic mass is 35.5. The van der Waals surface area contributed by atoms with Gasteiger partial charge in [-0.05, 0) is 37.0 Å². The van der Waals surface area contributed by atoms with Crippen LogP contribution in [0.4, 0.5) is 4.39 Å². The number of hydrogen-bond donors (Lipinski definition) is 2. The van der Waals surface area contributed by atoms with Crippen LogP contribution in [-0.4, -0.2) is 42.9 Å². The number of aliphatic imine (C=N–C) groups is 1. The number of likely N-dealkylation sites (tertiary alicyclic amines) is 1. The van der Waals surface area contributed by atoms with Crippen molar-refractivity contribution in [1.82, 2.24) is 15.5 Å². The summed E-state index contributed by atoms with van der Waals surface area (Å²) < 4.78 is 13.3. The van der Waals surface area contributed by atoms with Crippen LogP contribution in [0.25, 0.3) is 0 Å². The molecule has 2 N–H and O–H groups in total. The number of halogens is 2. The number of guanidine groups is 1. The highest BCUT2D eigenvalue weighted by Gasteiger charge is 2.31. The molecule has 1 saturated carbocycles. The Hall–Kier alpha value is -1.82. The van der Waals surface area contributed by atoms with E-state index in [4.69, 9.17) is 11.6 Å². The molecule has 1 heterocycles. The highest BCUT2D eigenvalue weighted by molar-refractivity contribution is 6.30. The number of carbonyl (C=O) groups is 1. The maximum absolute atomic E-state index is 13.3. The van der Waals surface area contributed by atoms with Crippen LogP contribution in [0.5, 0.6) is 0 Å². The molecule has 1 aromatic carbocycles. The van der Waals surface area contributed by atoms with Gasteiger partial charge in [0.15, 0.2) is 5.96 Å². The van der Waals surface area contributed by atoms with Gasteiger partial charge >= 0.3 is 0 Å². The van der Waals surface area contributed by atoms with Crippen LogP contribution >= 0.6 is 11.6 Å². The Morgan fingerprint density at radius 3 is 2.78 bits per heavy atom. The van der Waals surface area contributed by atoms with Crippen molar-refractivity contribution in [2.75, 3.05) is 20.1 Å². The van der Waals surface area contributed by atoms with Crippen LogP contribution in [0.2, 0.25) is 5.02 Å². The van der Waals surface area contributed by atoms with Gasteiger partial charge in [-0.1, -0.05) is 36.9 Å². The summed E-state index contributed by atoms with van der Waals surface area (Å²) in [5, 5.41) is 6.72. The third-order valence-corrected chi connectivity index (χ3v) is 5.75. The van der Waals surface area contributed by atoms with E-state index in [2.05, 4.69) is 15.6 Å². The molecule has 1 saturated heterocycles. The Balaban J connectivity index is 1.47. The molecule has 27 heavy (non-hydrogen) atoms. The molecule has 2 fully saturated rings. The zero-order chi connectivity index (χ0) is 19.2. The number of nitrogens with one attached hydrogen (secondary N) is 2. The van der Waals surface area contributed by atoms with Gasteiger partial charge in [-0.25, -0.2) is 4.39 Å². The van der Waals surface area contributed by atoms with E-state index in [0.29, 0.717) is 18.4 Å². The normalized spacial score (nSPS) is 21.4. The molecule has 1 atom stereocenters. The monoisotopic (exact) mass is 394 g/mol. The molecule has 0 bridgehead atoms. The molecule has 3 rings (SSSR count). The van der Waals surface area contributed by atoms with Gasteiger partial charge in [0.05, 0.1) is 5.02 Å². The molecule has 0 aromatic heterocycles. The molecule has 148 valence electrons. The molecule has 5 nitrogen and oxygen atoms in total. The SMILES string of the molecule is CN=C(NCc1ccc(F)c(Cl)c1)NC1CCN(C(=O)C2CCCCC2)C1. The summed E-state index contributed by atoms with van der Waals surface area (Å²) in [6.07, 6.45) is 6.61. The van der Waals surface area contributed by atoms with Crippen LogP contribution < -0.4 is 10.6 Å². The van der Waals surface area contributed by atoms with Gasteiger partial charge in [-0.15, -0.1) is 0 Å². The van der Waals surface area contributed by atoms with Gasteiger partial charge in [-0.3, -0.25) is 9.79 Å². The van der Waals surface area contributed by atoms with Crippen LogP contribution in [0.1, 0.15) is 44.1 Å². The zero-order valence-electron chi connectivity index (χ0n) is 15.8. The Labute approximate surface area is 165 Å². The third-order valence-electron chi connectivity index (χ3n) is 5.46. The van der Waals surface area contributed by atoms with E-state index >= 15 is 0 Å². The molecular formula is C20H28ClFN4O. The molecule has 0 spiro atoms. The van der Waals surface area contributed by atoms with E-state index in [0.717, 1.165) is 37.9 Å². The van der Waals surface area contributed by atoms with Gasteiger partial charge in [0.25, 0.3) is 0 Å². The van der Waals surface area contributed by atoms with Crippen LogP contribution in [-0.2, 0) is 11.3 Å². The average Bonchev–Trinajstić information content (AvgIpc) is 3.16. The lowest BCUT2D eigenvalue weighted by atomic mass is 9.88. The van der Waals surface area contributed by atoms with E-state index in [1.165, 1.54) is 25.3 Å². The van der Waals surface area contributed by atoms with E-state index in [1.807, 2.05) is 4.90 Å². The maximum Gasteiger partial charge on any atom is 0.225 e. The fraction of sp³-hybridized carbons (Fsp3) is 0.600.